The highest BCUT2D eigenvalue weighted by atomic mass is 19.1. The lowest BCUT2D eigenvalue weighted by Crippen LogP contribution is -2.45. The number of benzene rings is 1. The topological polar surface area (TPSA) is 65.9 Å². The summed E-state index contributed by atoms with van der Waals surface area (Å²) in [6.45, 7) is 2.28. The Kier molecular flexibility index (Phi) is 5.36. The molecular weight excluding hydrogens is 309 g/mol. The van der Waals surface area contributed by atoms with Gasteiger partial charge in [-0.25, -0.2) is 4.39 Å². The first kappa shape index (κ1) is 17.2. The van der Waals surface area contributed by atoms with Gasteiger partial charge in [-0.2, -0.15) is 0 Å². The number of nitrogens with zero attached hydrogens (tertiary/aromatic N) is 1. The van der Waals surface area contributed by atoms with E-state index in [4.69, 9.17) is 4.74 Å². The zero-order valence-corrected chi connectivity index (χ0v) is 14.1. The molecule has 1 aliphatic carbocycles. The van der Waals surface area contributed by atoms with Crippen LogP contribution in [0.3, 0.4) is 0 Å². The summed E-state index contributed by atoms with van der Waals surface area (Å²) in [6.07, 6.45) is 2.57. The first-order valence-corrected chi connectivity index (χ1v) is 8.58. The molecule has 0 radical (unpaired) electrons. The van der Waals surface area contributed by atoms with E-state index in [1.165, 1.54) is 6.07 Å². The molecule has 24 heavy (non-hydrogen) atoms. The monoisotopic (exact) mass is 335 g/mol. The lowest BCUT2D eigenvalue weighted by Gasteiger charge is -2.27. The normalized spacial score (nSPS) is 29.5. The van der Waals surface area contributed by atoms with E-state index < -0.39 is 0 Å². The van der Waals surface area contributed by atoms with Crippen LogP contribution < -0.4 is 10.6 Å². The number of nitrogens with one attached hydrogen (secondary N) is 2. The number of aliphatic hydroxyl groups is 1. The second-order valence-corrected chi connectivity index (χ2v) is 6.82. The highest BCUT2D eigenvalue weighted by Crippen LogP contribution is 2.41. The van der Waals surface area contributed by atoms with Crippen molar-refractivity contribution in [1.82, 2.24) is 10.6 Å². The van der Waals surface area contributed by atoms with Crippen molar-refractivity contribution in [2.45, 2.75) is 31.2 Å². The van der Waals surface area contributed by atoms with Crippen LogP contribution in [0.1, 0.15) is 30.7 Å². The summed E-state index contributed by atoms with van der Waals surface area (Å²) in [7, 11) is 1.74. The summed E-state index contributed by atoms with van der Waals surface area (Å²) >= 11 is 0. The minimum atomic E-state index is -0.139. The number of halogens is 1. The second-order valence-electron chi connectivity index (χ2n) is 6.82. The lowest BCUT2D eigenvalue weighted by molar-refractivity contribution is 0.127. The molecule has 6 heteroatoms. The number of ether oxygens (including phenoxy) is 1. The SMILES string of the molecule is CN=C(NCC1(CCO)CCOC1)NC1CC1c1ccccc1F. The van der Waals surface area contributed by atoms with Crippen molar-refractivity contribution in [2.75, 3.05) is 33.4 Å². The van der Waals surface area contributed by atoms with E-state index in [1.54, 1.807) is 13.1 Å². The van der Waals surface area contributed by atoms with Crippen LogP contribution in [-0.2, 0) is 4.74 Å². The third-order valence-corrected chi connectivity index (χ3v) is 5.10. The van der Waals surface area contributed by atoms with E-state index >= 15 is 0 Å². The van der Waals surface area contributed by atoms with Gasteiger partial charge in [-0.1, -0.05) is 18.2 Å². The maximum Gasteiger partial charge on any atom is 0.191 e. The molecule has 3 rings (SSSR count). The molecule has 1 aliphatic heterocycles. The standard InChI is InChI=1S/C18H26FN3O2/c1-20-17(21-11-18(6-8-23)7-9-24-12-18)22-16-10-14(16)13-4-2-3-5-15(13)19/h2-5,14,16,23H,6-12H2,1H3,(H2,20,21,22). The first-order valence-electron chi connectivity index (χ1n) is 8.58. The highest BCUT2D eigenvalue weighted by Gasteiger charge is 2.41. The summed E-state index contributed by atoms with van der Waals surface area (Å²) in [4.78, 5) is 4.27. The Labute approximate surface area is 142 Å². The Balaban J connectivity index is 1.52. The smallest absolute Gasteiger partial charge is 0.191 e. The van der Waals surface area contributed by atoms with Crippen molar-refractivity contribution in [1.29, 1.82) is 0 Å². The molecule has 1 aromatic rings. The summed E-state index contributed by atoms with van der Waals surface area (Å²) < 4.78 is 19.4. The number of hydrogen-bond donors (Lipinski definition) is 3. The van der Waals surface area contributed by atoms with Crippen LogP contribution in [0.2, 0.25) is 0 Å². The van der Waals surface area contributed by atoms with Crippen molar-refractivity contribution in [3.8, 4) is 0 Å². The third kappa shape index (κ3) is 3.87. The van der Waals surface area contributed by atoms with E-state index in [0.717, 1.165) is 37.4 Å². The molecule has 0 bridgehead atoms. The van der Waals surface area contributed by atoms with Crippen LogP contribution in [0.25, 0.3) is 0 Å². The molecular formula is C18H26FN3O2. The molecule has 2 aliphatic rings. The van der Waals surface area contributed by atoms with E-state index in [-0.39, 0.29) is 29.8 Å². The van der Waals surface area contributed by atoms with Gasteiger partial charge < -0.3 is 20.5 Å². The Hall–Kier alpha value is -1.66. The molecule has 3 N–H and O–H groups in total. The second kappa shape index (κ2) is 7.49. The fraction of sp³-hybridized carbons (Fsp3) is 0.611. The van der Waals surface area contributed by atoms with Gasteiger partial charge in [-0.05, 0) is 30.9 Å². The van der Waals surface area contributed by atoms with Gasteiger partial charge in [-0.3, -0.25) is 4.99 Å². The predicted molar refractivity (Wildman–Crippen MR) is 91.6 cm³/mol. The molecule has 2 fully saturated rings. The fourth-order valence-corrected chi connectivity index (χ4v) is 3.43. The van der Waals surface area contributed by atoms with Crippen LogP contribution in [0, 0.1) is 11.2 Å². The lowest BCUT2D eigenvalue weighted by atomic mass is 9.84. The van der Waals surface area contributed by atoms with Crippen molar-refractivity contribution >= 4 is 5.96 Å². The molecule has 3 unspecified atom stereocenters. The zero-order chi connectivity index (χ0) is 17.0. The average molecular weight is 335 g/mol. The number of rotatable bonds is 6. The van der Waals surface area contributed by atoms with Crippen molar-refractivity contribution in [2.24, 2.45) is 10.4 Å². The Morgan fingerprint density at radius 1 is 1.46 bits per heavy atom. The highest BCUT2D eigenvalue weighted by molar-refractivity contribution is 5.80. The number of guanidine groups is 1. The van der Waals surface area contributed by atoms with Gasteiger partial charge >= 0.3 is 0 Å². The fourth-order valence-electron chi connectivity index (χ4n) is 3.43. The number of aliphatic hydroxyl groups excluding tert-OH is 1. The largest absolute Gasteiger partial charge is 0.396 e. The summed E-state index contributed by atoms with van der Waals surface area (Å²) in [5.41, 5.74) is 0.743. The molecule has 5 nitrogen and oxygen atoms in total. The van der Waals surface area contributed by atoms with Gasteiger partial charge in [0.1, 0.15) is 5.82 Å². The van der Waals surface area contributed by atoms with Crippen LogP contribution in [0.15, 0.2) is 29.3 Å². The number of aliphatic imine (C=N–C) groups is 1. The van der Waals surface area contributed by atoms with E-state index in [0.29, 0.717) is 13.2 Å². The molecule has 0 amide bonds. The summed E-state index contributed by atoms with van der Waals surface area (Å²) in [5, 5.41) is 16.0. The molecule has 0 aromatic heterocycles. The van der Waals surface area contributed by atoms with Crippen LogP contribution in [-0.4, -0.2) is 50.5 Å². The van der Waals surface area contributed by atoms with E-state index in [1.807, 2.05) is 12.1 Å². The van der Waals surface area contributed by atoms with E-state index in [9.17, 15) is 9.50 Å². The van der Waals surface area contributed by atoms with Gasteiger partial charge in [0.2, 0.25) is 0 Å². The van der Waals surface area contributed by atoms with Crippen molar-refractivity contribution < 1.29 is 14.2 Å². The molecule has 0 spiro atoms. The van der Waals surface area contributed by atoms with Crippen LogP contribution in [0.5, 0.6) is 0 Å². The van der Waals surface area contributed by atoms with Crippen LogP contribution >= 0.6 is 0 Å². The van der Waals surface area contributed by atoms with Crippen molar-refractivity contribution in [3.05, 3.63) is 35.6 Å². The molecule has 1 saturated heterocycles. The maximum atomic E-state index is 13.8. The molecule has 1 heterocycles. The third-order valence-electron chi connectivity index (χ3n) is 5.10. The Bertz CT molecular complexity index is 587. The first-order chi connectivity index (χ1) is 11.7. The van der Waals surface area contributed by atoms with Gasteiger partial charge in [0.25, 0.3) is 0 Å². The predicted octanol–water partition coefficient (Wildman–Crippen LogP) is 1.64. The van der Waals surface area contributed by atoms with Gasteiger partial charge in [0.15, 0.2) is 5.96 Å². The van der Waals surface area contributed by atoms with Crippen molar-refractivity contribution in [3.63, 3.8) is 0 Å². The summed E-state index contributed by atoms with van der Waals surface area (Å²) in [6, 6.07) is 7.16. The summed E-state index contributed by atoms with van der Waals surface area (Å²) in [5.74, 6) is 0.786. The minimum Gasteiger partial charge on any atom is -0.396 e. The molecule has 1 aromatic carbocycles. The minimum absolute atomic E-state index is 0.0269. The zero-order valence-electron chi connectivity index (χ0n) is 14.1. The average Bonchev–Trinajstić information content (AvgIpc) is 3.19. The molecule has 1 saturated carbocycles. The Morgan fingerprint density at radius 3 is 2.96 bits per heavy atom. The quantitative estimate of drug-likeness (QED) is 0.546. The maximum absolute atomic E-state index is 13.8. The molecule has 132 valence electrons. The number of hydrogen-bond acceptors (Lipinski definition) is 3. The van der Waals surface area contributed by atoms with E-state index in [2.05, 4.69) is 15.6 Å². The van der Waals surface area contributed by atoms with Gasteiger partial charge in [0, 0.05) is 44.2 Å². The van der Waals surface area contributed by atoms with Gasteiger partial charge in [-0.15, -0.1) is 0 Å². The molecule has 3 atom stereocenters. The Morgan fingerprint density at radius 2 is 2.29 bits per heavy atom. The van der Waals surface area contributed by atoms with Crippen LogP contribution in [0.4, 0.5) is 4.39 Å². The van der Waals surface area contributed by atoms with Gasteiger partial charge in [0.05, 0.1) is 6.61 Å².